The summed E-state index contributed by atoms with van der Waals surface area (Å²) >= 11 is 0. The van der Waals surface area contributed by atoms with Crippen LogP contribution in [-0.2, 0) is 0 Å². The fourth-order valence-corrected chi connectivity index (χ4v) is 4.37. The Morgan fingerprint density at radius 2 is 1.96 bits per heavy atom. The van der Waals surface area contributed by atoms with Gasteiger partial charge in [0.2, 0.25) is 0 Å². The molecule has 142 valence electrons. The second kappa shape index (κ2) is 8.19. The van der Waals surface area contributed by atoms with Crippen LogP contribution in [0.25, 0.3) is 11.0 Å². The maximum Gasteiger partial charge on any atom is 0.124 e. The zero-order chi connectivity index (χ0) is 18.6. The van der Waals surface area contributed by atoms with E-state index in [9.17, 15) is 0 Å². The van der Waals surface area contributed by atoms with Gasteiger partial charge in [0.25, 0.3) is 0 Å². The van der Waals surface area contributed by atoms with Gasteiger partial charge in [0.15, 0.2) is 0 Å². The standard InChI is InChI=1S/C22H29N5/c1-16-8-7-14-24-21(16)19-11-6-12-20(27(19)15-5-4-13-23)22-25-17-9-2-3-10-18(17)26-22/h2-3,7-10,14,19-20H,4-6,11-13,15,23H2,1H3,(H,25,26). The number of nitrogens with one attached hydrogen (secondary N) is 1. The predicted molar refractivity (Wildman–Crippen MR) is 109 cm³/mol. The van der Waals surface area contributed by atoms with Gasteiger partial charge in [0, 0.05) is 6.20 Å². The average Bonchev–Trinajstić information content (AvgIpc) is 3.13. The molecule has 4 rings (SSSR count). The number of benzene rings is 1. The molecule has 5 nitrogen and oxygen atoms in total. The first-order chi connectivity index (χ1) is 13.3. The lowest BCUT2D eigenvalue weighted by Crippen LogP contribution is -2.38. The van der Waals surface area contributed by atoms with Gasteiger partial charge in [-0.1, -0.05) is 18.2 Å². The number of imidazole rings is 1. The molecule has 0 bridgehead atoms. The largest absolute Gasteiger partial charge is 0.341 e. The van der Waals surface area contributed by atoms with Crippen molar-refractivity contribution in [2.24, 2.45) is 5.73 Å². The highest BCUT2D eigenvalue weighted by molar-refractivity contribution is 5.74. The topological polar surface area (TPSA) is 70.8 Å². The molecule has 27 heavy (non-hydrogen) atoms. The molecule has 2 unspecified atom stereocenters. The Labute approximate surface area is 161 Å². The van der Waals surface area contributed by atoms with Crippen molar-refractivity contribution in [1.82, 2.24) is 19.9 Å². The molecular formula is C22H29N5. The van der Waals surface area contributed by atoms with Crippen molar-refractivity contribution in [2.75, 3.05) is 13.1 Å². The summed E-state index contributed by atoms with van der Waals surface area (Å²) in [4.78, 5) is 15.9. The Kier molecular flexibility index (Phi) is 5.50. The fraction of sp³-hybridized carbons (Fsp3) is 0.455. The molecule has 2 aromatic heterocycles. The zero-order valence-electron chi connectivity index (χ0n) is 16.1. The van der Waals surface area contributed by atoms with E-state index in [1.165, 1.54) is 17.7 Å². The molecule has 1 fully saturated rings. The summed E-state index contributed by atoms with van der Waals surface area (Å²) < 4.78 is 0. The van der Waals surface area contributed by atoms with E-state index in [2.05, 4.69) is 41.1 Å². The van der Waals surface area contributed by atoms with Crippen LogP contribution in [0.2, 0.25) is 0 Å². The third-order valence-corrected chi connectivity index (χ3v) is 5.72. The van der Waals surface area contributed by atoms with Gasteiger partial charge in [-0.3, -0.25) is 9.88 Å². The second-order valence-corrected chi connectivity index (χ2v) is 7.54. The Morgan fingerprint density at radius 1 is 1.11 bits per heavy atom. The van der Waals surface area contributed by atoms with Gasteiger partial charge in [0.1, 0.15) is 5.82 Å². The molecule has 0 amide bonds. The molecule has 3 N–H and O–H groups in total. The highest BCUT2D eigenvalue weighted by atomic mass is 15.2. The van der Waals surface area contributed by atoms with Crippen LogP contribution in [-0.4, -0.2) is 32.9 Å². The summed E-state index contributed by atoms with van der Waals surface area (Å²) in [6, 6.07) is 13.1. The lowest BCUT2D eigenvalue weighted by atomic mass is 9.91. The minimum atomic E-state index is 0.301. The van der Waals surface area contributed by atoms with Crippen molar-refractivity contribution in [3.05, 3.63) is 59.7 Å². The van der Waals surface area contributed by atoms with Gasteiger partial charge in [-0.05, 0) is 75.9 Å². The summed E-state index contributed by atoms with van der Waals surface area (Å²) in [6.07, 6.45) is 7.55. The number of para-hydroxylation sites is 2. The van der Waals surface area contributed by atoms with Crippen LogP contribution in [0.3, 0.4) is 0 Å². The van der Waals surface area contributed by atoms with Crippen molar-refractivity contribution in [3.63, 3.8) is 0 Å². The van der Waals surface area contributed by atoms with Crippen LogP contribution in [0, 0.1) is 6.92 Å². The van der Waals surface area contributed by atoms with Crippen LogP contribution in [0.4, 0.5) is 0 Å². The van der Waals surface area contributed by atoms with Gasteiger partial charge >= 0.3 is 0 Å². The van der Waals surface area contributed by atoms with Crippen molar-refractivity contribution < 1.29 is 0 Å². The maximum atomic E-state index is 5.76. The van der Waals surface area contributed by atoms with Crippen LogP contribution < -0.4 is 5.73 Å². The normalized spacial score (nSPS) is 21.0. The van der Waals surface area contributed by atoms with E-state index in [-0.39, 0.29) is 0 Å². The van der Waals surface area contributed by atoms with Crippen molar-refractivity contribution in [2.45, 2.75) is 51.1 Å². The highest BCUT2D eigenvalue weighted by Crippen LogP contribution is 2.41. The zero-order valence-corrected chi connectivity index (χ0v) is 16.1. The third-order valence-electron chi connectivity index (χ3n) is 5.72. The lowest BCUT2D eigenvalue weighted by molar-refractivity contribution is 0.0729. The van der Waals surface area contributed by atoms with E-state index in [4.69, 9.17) is 15.7 Å². The number of hydrogen-bond acceptors (Lipinski definition) is 4. The second-order valence-electron chi connectivity index (χ2n) is 7.54. The molecular weight excluding hydrogens is 334 g/mol. The molecule has 1 aromatic carbocycles. The number of piperidine rings is 1. The van der Waals surface area contributed by atoms with Crippen molar-refractivity contribution in [1.29, 1.82) is 0 Å². The lowest BCUT2D eigenvalue weighted by Gasteiger charge is -2.41. The first-order valence-corrected chi connectivity index (χ1v) is 10.1. The summed E-state index contributed by atoms with van der Waals surface area (Å²) in [5, 5.41) is 0. The molecule has 2 atom stereocenters. The number of likely N-dealkylation sites (tertiary alicyclic amines) is 1. The molecule has 3 heterocycles. The van der Waals surface area contributed by atoms with Crippen LogP contribution in [0.1, 0.15) is 61.3 Å². The van der Waals surface area contributed by atoms with E-state index in [1.54, 1.807) is 0 Å². The van der Waals surface area contributed by atoms with E-state index >= 15 is 0 Å². The number of unbranched alkanes of at least 4 members (excludes halogenated alkanes) is 1. The molecule has 0 spiro atoms. The SMILES string of the molecule is Cc1cccnc1C1CCCC(c2nc3ccccc3[nH]2)N1CCCCN. The quantitative estimate of drug-likeness (QED) is 0.642. The molecule has 0 radical (unpaired) electrons. The summed E-state index contributed by atoms with van der Waals surface area (Å²) in [7, 11) is 0. The Balaban J connectivity index is 1.68. The molecule has 3 aromatic rings. The molecule has 5 heteroatoms. The summed E-state index contributed by atoms with van der Waals surface area (Å²) in [5.74, 6) is 1.09. The van der Waals surface area contributed by atoms with Crippen molar-refractivity contribution in [3.8, 4) is 0 Å². The molecule has 1 aliphatic heterocycles. The number of hydrogen-bond donors (Lipinski definition) is 2. The monoisotopic (exact) mass is 363 g/mol. The van der Waals surface area contributed by atoms with Gasteiger partial charge < -0.3 is 10.7 Å². The smallest absolute Gasteiger partial charge is 0.124 e. The van der Waals surface area contributed by atoms with Gasteiger partial charge in [-0.2, -0.15) is 0 Å². The summed E-state index contributed by atoms with van der Waals surface area (Å²) in [6.45, 7) is 3.95. The molecule has 0 aliphatic carbocycles. The minimum absolute atomic E-state index is 0.301. The van der Waals surface area contributed by atoms with Crippen molar-refractivity contribution >= 4 is 11.0 Å². The summed E-state index contributed by atoms with van der Waals surface area (Å²) in [5.41, 5.74) is 10.4. The van der Waals surface area contributed by atoms with E-state index in [0.717, 1.165) is 55.6 Å². The van der Waals surface area contributed by atoms with Crippen LogP contribution in [0.15, 0.2) is 42.6 Å². The fourth-order valence-electron chi connectivity index (χ4n) is 4.37. The van der Waals surface area contributed by atoms with Crippen LogP contribution >= 0.6 is 0 Å². The van der Waals surface area contributed by atoms with Crippen LogP contribution in [0.5, 0.6) is 0 Å². The van der Waals surface area contributed by atoms with Gasteiger partial charge in [-0.25, -0.2) is 4.98 Å². The van der Waals surface area contributed by atoms with E-state index in [1.807, 2.05) is 18.3 Å². The molecule has 1 saturated heterocycles. The Morgan fingerprint density at radius 3 is 2.78 bits per heavy atom. The number of nitrogens with two attached hydrogens (primary N) is 1. The molecule has 1 aliphatic rings. The number of rotatable bonds is 6. The minimum Gasteiger partial charge on any atom is -0.341 e. The van der Waals surface area contributed by atoms with E-state index in [0.29, 0.717) is 12.1 Å². The first-order valence-electron chi connectivity index (χ1n) is 10.1. The number of aryl methyl sites for hydroxylation is 1. The number of aromatic amines is 1. The first kappa shape index (κ1) is 18.1. The number of aromatic nitrogens is 3. The van der Waals surface area contributed by atoms with E-state index < -0.39 is 0 Å². The highest BCUT2D eigenvalue weighted by Gasteiger charge is 2.35. The third kappa shape index (κ3) is 3.75. The number of fused-ring (bicyclic) bond motifs is 1. The number of nitrogens with zero attached hydrogens (tertiary/aromatic N) is 3. The van der Waals surface area contributed by atoms with Gasteiger partial charge in [0.05, 0.1) is 28.8 Å². The average molecular weight is 364 g/mol. The molecule has 0 saturated carbocycles. The van der Waals surface area contributed by atoms with Gasteiger partial charge in [-0.15, -0.1) is 0 Å². The number of H-pyrrole nitrogens is 1. The predicted octanol–water partition coefficient (Wildman–Crippen LogP) is 4.27. The number of pyridine rings is 1. The Bertz CT molecular complexity index is 854. The maximum absolute atomic E-state index is 5.76. The Hall–Kier alpha value is -2.24.